The van der Waals surface area contributed by atoms with E-state index in [-0.39, 0.29) is 114 Å². The highest BCUT2D eigenvalue weighted by Gasteiger charge is 2.43. The van der Waals surface area contributed by atoms with Crippen molar-refractivity contribution in [1.29, 1.82) is 0 Å². The fourth-order valence-electron chi connectivity index (χ4n) is 14.3. The smallest absolute Gasteiger partial charge is 0.408 e. The van der Waals surface area contributed by atoms with Crippen LogP contribution in [0.2, 0.25) is 10.0 Å². The van der Waals surface area contributed by atoms with Crippen molar-refractivity contribution in [3.8, 4) is 80.1 Å². The third-order valence-electron chi connectivity index (χ3n) is 20.5. The van der Waals surface area contributed by atoms with Gasteiger partial charge in [0.15, 0.2) is 23.0 Å². The van der Waals surface area contributed by atoms with Crippen molar-refractivity contribution in [3.05, 3.63) is 164 Å². The second-order valence-corrected chi connectivity index (χ2v) is 31.9. The minimum absolute atomic E-state index is 0.00564. The van der Waals surface area contributed by atoms with Crippen LogP contribution in [0.25, 0.3) is 11.1 Å². The number of nitrogens with zero attached hydrogens (tertiary/aromatic N) is 1. The number of rotatable bonds is 23. The van der Waals surface area contributed by atoms with E-state index in [0.717, 1.165) is 80.3 Å². The molecule has 6 aliphatic rings. The Hall–Kier alpha value is -11.8. The number of halogens is 2. The van der Waals surface area contributed by atoms with Gasteiger partial charge in [-0.25, -0.2) is 4.79 Å². The predicted molar refractivity (Wildman–Crippen MR) is 438 cm³/mol. The molecule has 0 aliphatic carbocycles. The van der Waals surface area contributed by atoms with Gasteiger partial charge in [0.1, 0.15) is 94.2 Å². The van der Waals surface area contributed by atoms with E-state index in [0.29, 0.717) is 38.8 Å². The lowest BCUT2D eigenvalue weighted by Gasteiger charge is -2.32. The first kappa shape index (κ1) is 88.0. The summed E-state index contributed by atoms with van der Waals surface area (Å²) in [6.07, 6.45) is 6.87. The monoisotopic (exact) mass is 1680 g/mol. The highest BCUT2D eigenvalue weighted by molar-refractivity contribution is 6.32. The van der Waals surface area contributed by atoms with E-state index in [1.165, 1.54) is 80.3 Å². The van der Waals surface area contributed by atoms with E-state index < -0.39 is 160 Å². The van der Waals surface area contributed by atoms with E-state index in [1.807, 2.05) is 19.0 Å². The third-order valence-corrected chi connectivity index (χ3v) is 21.1. The molecule has 0 fully saturated rings. The number of amides is 9. The van der Waals surface area contributed by atoms with Gasteiger partial charge >= 0.3 is 6.09 Å². The van der Waals surface area contributed by atoms with Gasteiger partial charge in [-0.05, 0) is 191 Å². The number of phenols is 6. The van der Waals surface area contributed by atoms with Crippen LogP contribution in [0.15, 0.2) is 109 Å². The summed E-state index contributed by atoms with van der Waals surface area (Å²) in [5, 5.41) is 112. The van der Waals surface area contributed by atoms with Gasteiger partial charge in [-0.2, -0.15) is 0 Å². The van der Waals surface area contributed by atoms with E-state index in [4.69, 9.17) is 47.9 Å². The van der Waals surface area contributed by atoms with E-state index >= 15 is 28.8 Å². The van der Waals surface area contributed by atoms with Gasteiger partial charge in [0.05, 0.1) is 21.7 Å². The summed E-state index contributed by atoms with van der Waals surface area (Å²) in [6, 6.07) is 6.59. The quantitative estimate of drug-likeness (QED) is 0.0265. The second-order valence-electron chi connectivity index (χ2n) is 31.1. The number of fused-ring (bicyclic) bond motifs is 14. The van der Waals surface area contributed by atoms with Crippen LogP contribution in [0, 0.1) is 0 Å². The van der Waals surface area contributed by atoms with Crippen LogP contribution < -0.4 is 73.1 Å². The zero-order valence-electron chi connectivity index (χ0n) is 66.5. The number of aromatic hydroxyl groups is 6. The molecular formula is C85H100Cl2N12O20. The molecule has 0 radical (unpaired) electrons. The molecule has 634 valence electrons. The number of carbonyl (C=O) groups is 9. The second kappa shape index (κ2) is 39.2. The molecule has 19 N–H and O–H groups in total. The first-order chi connectivity index (χ1) is 56.7. The minimum Gasteiger partial charge on any atom is -0.508 e. The SMILES string of the molecule is CCCCCCCCCCNC(=O)C(N)CCCCNCc1c(O)cc2c(c1O)-c1cc(ccc1O)[C@@H]1NC(=O)[C@H]3NC(=O)[C@H]4NC(=O)[C@H](Cc5ccc(c(Cl)c5)Oc5cc3cc(c5O)Oc3ccc(cc3Cl)C(O)[C@H](NC1=O)C(=O)N[C@@H]2C(=O)NCCCN(C)C)NC(=O)[C@@H](NC(=O)OC(C)(C)C)c1ccc(O)c(c1)Oc1cc(O)cc4c1. The van der Waals surface area contributed by atoms with Crippen LogP contribution in [-0.4, -0.2) is 158 Å². The number of unbranched alkanes of at least 4 members (excludes halogenated alkanes) is 8. The summed E-state index contributed by atoms with van der Waals surface area (Å²) in [5.41, 5.74) is 3.11. The maximum Gasteiger partial charge on any atom is 0.408 e. The van der Waals surface area contributed by atoms with Crippen molar-refractivity contribution in [2.45, 2.75) is 178 Å². The Morgan fingerprint density at radius 3 is 1.83 bits per heavy atom. The Bertz CT molecular complexity index is 4990. The summed E-state index contributed by atoms with van der Waals surface area (Å²) >= 11 is 14.1. The Morgan fingerprint density at radius 1 is 0.563 bits per heavy atom. The fraction of sp³-hybridized carbons (Fsp3) is 0.400. The number of hydrogen-bond donors (Lipinski definition) is 18. The zero-order chi connectivity index (χ0) is 85.7. The Morgan fingerprint density at radius 2 is 1.16 bits per heavy atom. The average molecular weight is 1680 g/mol. The number of hydrogen-bond acceptors (Lipinski definition) is 23. The first-order valence-electron chi connectivity index (χ1n) is 39.4. The lowest BCUT2D eigenvalue weighted by Crippen LogP contribution is -2.56. The van der Waals surface area contributed by atoms with Gasteiger partial charge in [-0.1, -0.05) is 106 Å². The molecule has 6 heterocycles. The lowest BCUT2D eigenvalue weighted by molar-refractivity contribution is -0.137. The van der Waals surface area contributed by atoms with Crippen LogP contribution in [0.1, 0.15) is 186 Å². The minimum atomic E-state index is -2.24. The molecule has 9 amide bonds. The number of aliphatic hydroxyl groups is 1. The highest BCUT2D eigenvalue weighted by atomic mass is 35.5. The van der Waals surface area contributed by atoms with Gasteiger partial charge < -0.3 is 118 Å². The number of nitrogens with two attached hydrogens (primary N) is 1. The number of benzene rings is 7. The highest BCUT2D eigenvalue weighted by Crippen LogP contribution is 2.50. The molecule has 17 bridgehead atoms. The van der Waals surface area contributed by atoms with Gasteiger partial charge in [-0.3, -0.25) is 38.4 Å². The van der Waals surface area contributed by atoms with Crippen molar-refractivity contribution < 1.29 is 97.8 Å². The third kappa shape index (κ3) is 22.1. The van der Waals surface area contributed by atoms with Crippen LogP contribution >= 0.6 is 23.2 Å². The number of aliphatic hydroxyl groups excluding tert-OH is 1. The maximum atomic E-state index is 16.3. The molecule has 7 aromatic rings. The summed E-state index contributed by atoms with van der Waals surface area (Å²) in [7, 11) is 3.63. The number of nitrogens with one attached hydrogen (secondary N) is 10. The Labute approximate surface area is 696 Å². The standard InChI is InChI=1S/C85H100Cl2N12O20/c1-7-8-9-10-11-12-13-15-28-90-76(107)56(88)18-14-16-27-89-42-53-60(103)41-52-66(74(53)105)51-35-44(20-23-58(51)101)67-80(111)97-72(83(114)96-71(52)78(109)91-29-17-30-99(5)6)73(104)46-22-26-62(55(87)36-46)118-65-39-48-38-64(75(65)106)117-61-25-19-43(31-54(61)86)32-57-77(108)93-69(81(112)95-70(48)82(113)94-67)47-33-49(100)40-50(34-47)116-63-37-45(21-24-59(63)102)68(79(110)92-57)98-84(115)119-85(2,3)4/h19-26,31,33-41,56-57,67-73,89,100-106H,7-18,27-30,32,42,88H2,1-6H3,(H,90,107)(H,91,109)(H,92,110)(H,93,108)(H,94,113)(H,95,112)(H,96,114)(H,97,111)(H,98,115)/t56?,57-,67-,68-,69-,70-,71-,72-,73?/m0/s1. The fourth-order valence-corrected chi connectivity index (χ4v) is 14.8. The molecule has 2 unspecified atom stereocenters. The van der Waals surface area contributed by atoms with Crippen LogP contribution in [0.4, 0.5) is 4.79 Å². The van der Waals surface area contributed by atoms with Gasteiger partial charge in [0, 0.05) is 43.2 Å². The summed E-state index contributed by atoms with van der Waals surface area (Å²) in [5.74, 6) is -14.7. The van der Waals surface area contributed by atoms with E-state index in [2.05, 4.69) is 60.1 Å². The zero-order valence-corrected chi connectivity index (χ0v) is 68.0. The molecular weight excluding hydrogens is 1580 g/mol. The molecule has 0 spiro atoms. The number of ether oxygens (including phenoxy) is 4. The van der Waals surface area contributed by atoms with Crippen LogP contribution in [0.3, 0.4) is 0 Å². The van der Waals surface area contributed by atoms with Crippen molar-refractivity contribution >= 4 is 76.6 Å². The van der Waals surface area contributed by atoms with Crippen LogP contribution in [0.5, 0.6) is 69.0 Å². The molecule has 6 aliphatic heterocycles. The molecule has 0 saturated carbocycles. The van der Waals surface area contributed by atoms with Gasteiger partial charge in [-0.15, -0.1) is 0 Å². The number of carbonyl (C=O) groups excluding carboxylic acids is 9. The van der Waals surface area contributed by atoms with Crippen molar-refractivity contribution in [1.82, 2.24) is 58.1 Å². The normalized spacial score (nSPS) is 19.5. The van der Waals surface area contributed by atoms with Crippen molar-refractivity contribution in [3.63, 3.8) is 0 Å². The molecule has 7 aromatic carbocycles. The molecule has 119 heavy (non-hydrogen) atoms. The number of phenolic OH excluding ortho intramolecular Hbond substituents is 6. The van der Waals surface area contributed by atoms with Crippen molar-refractivity contribution in [2.24, 2.45) is 5.73 Å². The first-order valence-corrected chi connectivity index (χ1v) is 40.2. The molecule has 13 rings (SSSR count). The van der Waals surface area contributed by atoms with E-state index in [1.54, 1.807) is 20.8 Å². The predicted octanol–water partition coefficient (Wildman–Crippen LogP) is 9.38. The maximum absolute atomic E-state index is 16.3. The van der Waals surface area contributed by atoms with E-state index in [9.17, 15) is 50.1 Å². The van der Waals surface area contributed by atoms with Crippen molar-refractivity contribution in [2.75, 3.05) is 40.3 Å². The topological polar surface area (TPSA) is 482 Å². The summed E-state index contributed by atoms with van der Waals surface area (Å²) < 4.78 is 24.4. The molecule has 9 atom stereocenters. The molecule has 0 saturated heterocycles. The van der Waals surface area contributed by atoms with Gasteiger partial charge in [0.2, 0.25) is 53.0 Å². The summed E-state index contributed by atoms with van der Waals surface area (Å²) in [6.45, 7) is 7.89. The largest absolute Gasteiger partial charge is 0.508 e. The Balaban J connectivity index is 1.03. The van der Waals surface area contributed by atoms with Gasteiger partial charge in [0.25, 0.3) is 0 Å². The molecule has 0 aromatic heterocycles. The Kier molecular flexibility index (Phi) is 29.0. The average Bonchev–Trinajstić information content (AvgIpc) is 0.755. The summed E-state index contributed by atoms with van der Waals surface area (Å²) in [4.78, 5) is 138. The lowest BCUT2D eigenvalue weighted by atomic mass is 9.87. The number of alkyl carbamates (subject to hydrolysis) is 1. The molecule has 32 nitrogen and oxygen atoms in total. The molecule has 34 heteroatoms. The van der Waals surface area contributed by atoms with Crippen LogP contribution in [-0.2, 0) is 56.1 Å².